The molecule has 0 amide bonds. The third-order valence-electron chi connectivity index (χ3n) is 3.51. The number of hydrogen-bond donors (Lipinski definition) is 2. The molecule has 126 valence electrons. The van der Waals surface area contributed by atoms with Crippen molar-refractivity contribution in [3.8, 4) is 0 Å². The molecular weight excluding hydrogens is 262 g/mol. The van der Waals surface area contributed by atoms with Crippen molar-refractivity contribution in [2.45, 2.75) is 52.6 Å². The van der Waals surface area contributed by atoms with Gasteiger partial charge in [-0.3, -0.25) is 9.89 Å². The molecule has 0 aliphatic heterocycles. The van der Waals surface area contributed by atoms with Gasteiger partial charge in [0.25, 0.3) is 0 Å². The van der Waals surface area contributed by atoms with Gasteiger partial charge in [0.1, 0.15) is 0 Å². The van der Waals surface area contributed by atoms with Crippen molar-refractivity contribution in [2.24, 2.45) is 4.99 Å². The maximum atomic E-state index is 4.26. The molecule has 5 nitrogen and oxygen atoms in total. The van der Waals surface area contributed by atoms with Crippen LogP contribution >= 0.6 is 0 Å². The molecule has 0 aromatic rings. The highest BCUT2D eigenvalue weighted by Gasteiger charge is 2.12. The SMILES string of the molecule is CN=C(NCCCN(C)C)NCCCN(C(C)C)C(C)C. The van der Waals surface area contributed by atoms with E-state index in [-0.39, 0.29) is 0 Å². The molecule has 0 heterocycles. The van der Waals surface area contributed by atoms with Crippen LogP contribution in [-0.4, -0.2) is 75.2 Å². The Kier molecular flexibility index (Phi) is 11.4. The fourth-order valence-electron chi connectivity index (χ4n) is 2.40. The maximum absolute atomic E-state index is 4.26. The minimum absolute atomic E-state index is 0.605. The van der Waals surface area contributed by atoms with Crippen LogP contribution in [0.15, 0.2) is 4.99 Å². The topological polar surface area (TPSA) is 42.9 Å². The lowest BCUT2D eigenvalue weighted by molar-refractivity contribution is 0.173. The molecule has 0 unspecified atom stereocenters. The molecule has 0 aromatic carbocycles. The summed E-state index contributed by atoms with van der Waals surface area (Å²) in [4.78, 5) is 8.98. The fraction of sp³-hybridized carbons (Fsp3) is 0.938. The summed E-state index contributed by atoms with van der Waals surface area (Å²) in [6.45, 7) is 13.2. The van der Waals surface area contributed by atoms with Gasteiger partial charge >= 0.3 is 0 Å². The van der Waals surface area contributed by atoms with Crippen LogP contribution in [0, 0.1) is 0 Å². The molecule has 0 radical (unpaired) electrons. The van der Waals surface area contributed by atoms with Crippen LogP contribution in [0.1, 0.15) is 40.5 Å². The van der Waals surface area contributed by atoms with E-state index in [1.807, 2.05) is 7.05 Å². The quantitative estimate of drug-likeness (QED) is 0.365. The summed E-state index contributed by atoms with van der Waals surface area (Å²) in [6.07, 6.45) is 2.26. The molecule has 0 fully saturated rings. The van der Waals surface area contributed by atoms with E-state index in [4.69, 9.17) is 0 Å². The molecule has 5 heteroatoms. The molecule has 0 rings (SSSR count). The number of guanidine groups is 1. The first kappa shape index (κ1) is 20.2. The van der Waals surface area contributed by atoms with E-state index in [0.29, 0.717) is 12.1 Å². The lowest BCUT2D eigenvalue weighted by Gasteiger charge is -2.30. The van der Waals surface area contributed by atoms with Gasteiger partial charge in [-0.1, -0.05) is 0 Å². The Morgan fingerprint density at radius 2 is 1.38 bits per heavy atom. The van der Waals surface area contributed by atoms with Gasteiger partial charge < -0.3 is 15.5 Å². The Bertz CT molecular complexity index is 266. The molecule has 0 spiro atoms. The molecule has 0 saturated heterocycles. The van der Waals surface area contributed by atoms with Gasteiger partial charge in [0.2, 0.25) is 0 Å². The second-order valence-corrected chi connectivity index (χ2v) is 6.36. The van der Waals surface area contributed by atoms with Crippen LogP contribution < -0.4 is 10.6 Å². The summed E-state index contributed by atoms with van der Waals surface area (Å²) >= 11 is 0. The second-order valence-electron chi connectivity index (χ2n) is 6.36. The molecule has 0 aliphatic rings. The molecule has 2 N–H and O–H groups in total. The van der Waals surface area contributed by atoms with Crippen molar-refractivity contribution in [3.05, 3.63) is 0 Å². The van der Waals surface area contributed by atoms with Crippen LogP contribution in [0.25, 0.3) is 0 Å². The summed E-state index contributed by atoms with van der Waals surface area (Å²) in [7, 11) is 6.03. The van der Waals surface area contributed by atoms with Gasteiger partial charge in [-0.05, 0) is 61.2 Å². The Morgan fingerprint density at radius 3 is 1.76 bits per heavy atom. The average molecular weight is 300 g/mol. The summed E-state index contributed by atoms with van der Waals surface area (Å²) in [5.41, 5.74) is 0. The summed E-state index contributed by atoms with van der Waals surface area (Å²) in [6, 6.07) is 1.21. The van der Waals surface area contributed by atoms with Gasteiger partial charge in [0.05, 0.1) is 0 Å². The molecular formula is C16H37N5. The van der Waals surface area contributed by atoms with E-state index >= 15 is 0 Å². The predicted octanol–water partition coefficient (Wildman–Crippen LogP) is 1.61. The number of hydrogen-bond acceptors (Lipinski definition) is 3. The van der Waals surface area contributed by atoms with Crippen LogP contribution in [0.3, 0.4) is 0 Å². The van der Waals surface area contributed by atoms with Crippen molar-refractivity contribution in [1.29, 1.82) is 0 Å². The zero-order chi connectivity index (χ0) is 16.3. The summed E-state index contributed by atoms with van der Waals surface area (Å²) in [5.74, 6) is 0.911. The first-order valence-corrected chi connectivity index (χ1v) is 8.23. The van der Waals surface area contributed by atoms with Gasteiger partial charge in [0.15, 0.2) is 5.96 Å². The van der Waals surface area contributed by atoms with Gasteiger partial charge in [-0.2, -0.15) is 0 Å². The number of aliphatic imine (C=N–C) groups is 1. The Morgan fingerprint density at radius 1 is 0.905 bits per heavy atom. The molecule has 0 aliphatic carbocycles. The first-order valence-electron chi connectivity index (χ1n) is 8.23. The predicted molar refractivity (Wildman–Crippen MR) is 94.1 cm³/mol. The molecule has 0 atom stereocenters. The van der Waals surface area contributed by atoms with Crippen molar-refractivity contribution in [1.82, 2.24) is 20.4 Å². The molecule has 0 bridgehead atoms. The van der Waals surface area contributed by atoms with Gasteiger partial charge in [0, 0.05) is 38.8 Å². The van der Waals surface area contributed by atoms with Crippen LogP contribution in [0.5, 0.6) is 0 Å². The maximum Gasteiger partial charge on any atom is 0.190 e. The first-order chi connectivity index (χ1) is 9.88. The van der Waals surface area contributed by atoms with E-state index in [9.17, 15) is 0 Å². The zero-order valence-corrected chi connectivity index (χ0v) is 15.2. The minimum atomic E-state index is 0.605. The van der Waals surface area contributed by atoms with E-state index in [1.54, 1.807) is 0 Å². The van der Waals surface area contributed by atoms with E-state index in [0.717, 1.165) is 45.0 Å². The Labute approximate surface area is 132 Å². The summed E-state index contributed by atoms with van der Waals surface area (Å²) in [5, 5.41) is 6.75. The fourth-order valence-corrected chi connectivity index (χ4v) is 2.40. The van der Waals surface area contributed by atoms with Crippen molar-refractivity contribution >= 4 is 5.96 Å². The van der Waals surface area contributed by atoms with Gasteiger partial charge in [-0.25, -0.2) is 0 Å². The summed E-state index contributed by atoms with van der Waals surface area (Å²) < 4.78 is 0. The third kappa shape index (κ3) is 10.5. The van der Waals surface area contributed by atoms with Crippen LogP contribution in [-0.2, 0) is 0 Å². The minimum Gasteiger partial charge on any atom is -0.356 e. The molecule has 0 saturated carbocycles. The molecule has 21 heavy (non-hydrogen) atoms. The monoisotopic (exact) mass is 299 g/mol. The third-order valence-corrected chi connectivity index (χ3v) is 3.51. The number of nitrogens with one attached hydrogen (secondary N) is 2. The van der Waals surface area contributed by atoms with E-state index < -0.39 is 0 Å². The highest BCUT2D eigenvalue weighted by atomic mass is 15.2. The smallest absolute Gasteiger partial charge is 0.190 e. The average Bonchev–Trinajstić information content (AvgIpc) is 2.39. The number of rotatable bonds is 10. The lowest BCUT2D eigenvalue weighted by atomic mass is 10.2. The Balaban J connectivity index is 3.82. The normalized spacial score (nSPS) is 12.8. The van der Waals surface area contributed by atoms with Crippen LogP contribution in [0.4, 0.5) is 0 Å². The zero-order valence-electron chi connectivity index (χ0n) is 15.2. The highest BCUT2D eigenvalue weighted by Crippen LogP contribution is 2.05. The number of nitrogens with zero attached hydrogens (tertiary/aromatic N) is 3. The standard InChI is InChI=1S/C16H37N5/c1-14(2)21(15(3)4)13-9-11-19-16(17-5)18-10-8-12-20(6)7/h14-15H,8-13H2,1-7H3,(H2,17,18,19). The van der Waals surface area contributed by atoms with Crippen molar-refractivity contribution in [3.63, 3.8) is 0 Å². The van der Waals surface area contributed by atoms with E-state index in [1.165, 1.54) is 0 Å². The Hall–Kier alpha value is -0.810. The van der Waals surface area contributed by atoms with Gasteiger partial charge in [-0.15, -0.1) is 0 Å². The lowest BCUT2D eigenvalue weighted by Crippen LogP contribution is -2.41. The van der Waals surface area contributed by atoms with Crippen molar-refractivity contribution in [2.75, 3.05) is 47.3 Å². The second kappa shape index (κ2) is 11.8. The largest absolute Gasteiger partial charge is 0.356 e. The molecule has 0 aromatic heterocycles. The van der Waals surface area contributed by atoms with E-state index in [2.05, 4.69) is 67.2 Å². The van der Waals surface area contributed by atoms with Crippen LogP contribution in [0.2, 0.25) is 0 Å². The highest BCUT2D eigenvalue weighted by molar-refractivity contribution is 5.79. The van der Waals surface area contributed by atoms with Crippen molar-refractivity contribution < 1.29 is 0 Å².